The molecule has 0 aliphatic carbocycles. The summed E-state index contributed by atoms with van der Waals surface area (Å²) < 4.78 is 27.7. The lowest BCUT2D eigenvalue weighted by molar-refractivity contribution is -0.114. The summed E-state index contributed by atoms with van der Waals surface area (Å²) in [6, 6.07) is 21.6. The van der Waals surface area contributed by atoms with Gasteiger partial charge in [-0.15, -0.1) is 10.2 Å². The van der Waals surface area contributed by atoms with Gasteiger partial charge in [0.05, 0.1) is 15.6 Å². The van der Waals surface area contributed by atoms with Gasteiger partial charge in [0.1, 0.15) is 11.6 Å². The Morgan fingerprint density at radius 1 is 0.939 bits per heavy atom. The van der Waals surface area contributed by atoms with Crippen molar-refractivity contribution in [3.8, 4) is 10.6 Å². The van der Waals surface area contributed by atoms with E-state index in [4.69, 9.17) is 23.2 Å². The number of anilines is 2. The number of nitrogens with zero attached hydrogens (tertiary/aromatic N) is 3. The average molecular weight is 519 g/mol. The fraction of sp³-hybridized carbons (Fsp3) is 0.0455. The van der Waals surface area contributed by atoms with Crippen LogP contribution in [0.25, 0.3) is 10.6 Å². The van der Waals surface area contributed by atoms with E-state index in [0.717, 1.165) is 9.87 Å². The Labute approximate surface area is 204 Å². The fourth-order valence-electron chi connectivity index (χ4n) is 2.96. The van der Waals surface area contributed by atoms with Crippen LogP contribution in [-0.4, -0.2) is 31.1 Å². The molecule has 4 rings (SSSR count). The molecule has 0 aliphatic heterocycles. The minimum Gasteiger partial charge on any atom is -0.299 e. The zero-order valence-corrected chi connectivity index (χ0v) is 20.0. The molecule has 0 radical (unpaired) electrons. The summed E-state index contributed by atoms with van der Waals surface area (Å²) in [7, 11) is -4.12. The van der Waals surface area contributed by atoms with Gasteiger partial charge < -0.3 is 0 Å². The van der Waals surface area contributed by atoms with Gasteiger partial charge in [0.25, 0.3) is 10.0 Å². The van der Waals surface area contributed by atoms with Crippen molar-refractivity contribution >= 4 is 61.3 Å². The molecule has 0 fully saturated rings. The van der Waals surface area contributed by atoms with Crippen LogP contribution in [0.3, 0.4) is 0 Å². The smallest absolute Gasteiger partial charge is 0.264 e. The van der Waals surface area contributed by atoms with E-state index in [2.05, 4.69) is 15.5 Å². The van der Waals surface area contributed by atoms with Crippen LogP contribution in [0.15, 0.2) is 83.8 Å². The molecule has 1 N–H and O–H groups in total. The first-order chi connectivity index (χ1) is 15.8. The molecule has 0 atom stereocenters. The third-order valence-electron chi connectivity index (χ3n) is 4.49. The van der Waals surface area contributed by atoms with Crippen molar-refractivity contribution < 1.29 is 13.2 Å². The minimum atomic E-state index is -4.12. The molecule has 0 aliphatic rings. The van der Waals surface area contributed by atoms with E-state index < -0.39 is 22.5 Å². The van der Waals surface area contributed by atoms with Gasteiger partial charge in [-0.05, 0) is 30.3 Å². The molecule has 168 valence electrons. The van der Waals surface area contributed by atoms with E-state index >= 15 is 0 Å². The number of nitrogens with one attached hydrogen (secondary N) is 1. The second-order valence-corrected chi connectivity index (χ2v) is 10.4. The quantitative estimate of drug-likeness (QED) is 0.356. The molecule has 3 aromatic carbocycles. The number of rotatable bonds is 7. The third kappa shape index (κ3) is 5.33. The molecule has 0 bridgehead atoms. The molecular formula is C22H16Cl2N4O3S2. The van der Waals surface area contributed by atoms with E-state index in [-0.39, 0.29) is 25.8 Å². The molecule has 7 nitrogen and oxygen atoms in total. The summed E-state index contributed by atoms with van der Waals surface area (Å²) >= 11 is 13.5. The first kappa shape index (κ1) is 23.2. The van der Waals surface area contributed by atoms with E-state index in [1.165, 1.54) is 41.7 Å². The van der Waals surface area contributed by atoms with Crippen LogP contribution in [0.5, 0.6) is 0 Å². The first-order valence-electron chi connectivity index (χ1n) is 9.56. The number of aromatic nitrogens is 2. The SMILES string of the molecule is O=C(CN(c1cc(Cl)ccc1Cl)S(=O)(=O)c1ccccc1)Nc1nnc(-c2ccccc2)s1. The van der Waals surface area contributed by atoms with E-state index in [0.29, 0.717) is 5.01 Å². The summed E-state index contributed by atoms with van der Waals surface area (Å²) in [5.41, 5.74) is 0.944. The fourth-order valence-corrected chi connectivity index (χ4v) is 5.61. The van der Waals surface area contributed by atoms with Crippen molar-refractivity contribution in [2.75, 3.05) is 16.2 Å². The van der Waals surface area contributed by atoms with Crippen molar-refractivity contribution in [3.05, 3.63) is 88.9 Å². The topological polar surface area (TPSA) is 92.3 Å². The largest absolute Gasteiger partial charge is 0.299 e. The Bertz CT molecular complexity index is 1380. The lowest BCUT2D eigenvalue weighted by atomic mass is 10.2. The number of sulfonamides is 1. The number of carbonyl (C=O) groups excluding carboxylic acids is 1. The highest BCUT2D eigenvalue weighted by Gasteiger charge is 2.29. The van der Waals surface area contributed by atoms with Gasteiger partial charge in [0.15, 0.2) is 0 Å². The van der Waals surface area contributed by atoms with Crippen LogP contribution in [0.1, 0.15) is 0 Å². The molecule has 1 amide bonds. The Hall–Kier alpha value is -2.98. The minimum absolute atomic E-state index is 0.0103. The summed E-state index contributed by atoms with van der Waals surface area (Å²) in [5.74, 6) is -0.610. The molecule has 0 unspecified atom stereocenters. The first-order valence-corrected chi connectivity index (χ1v) is 12.6. The third-order valence-corrected chi connectivity index (χ3v) is 7.70. The molecule has 4 aromatic rings. The monoisotopic (exact) mass is 518 g/mol. The number of halogens is 2. The normalized spacial score (nSPS) is 11.2. The van der Waals surface area contributed by atoms with E-state index in [1.54, 1.807) is 18.2 Å². The second kappa shape index (κ2) is 9.88. The van der Waals surface area contributed by atoms with Gasteiger partial charge in [-0.1, -0.05) is 83.1 Å². The van der Waals surface area contributed by atoms with Crippen LogP contribution in [0.4, 0.5) is 10.8 Å². The highest BCUT2D eigenvalue weighted by Crippen LogP contribution is 2.33. The number of amides is 1. The number of hydrogen-bond acceptors (Lipinski definition) is 6. The van der Waals surface area contributed by atoms with Crippen LogP contribution in [0.2, 0.25) is 10.0 Å². The lowest BCUT2D eigenvalue weighted by Gasteiger charge is -2.25. The van der Waals surface area contributed by atoms with Crippen molar-refractivity contribution in [1.82, 2.24) is 10.2 Å². The number of hydrogen-bond donors (Lipinski definition) is 1. The van der Waals surface area contributed by atoms with Gasteiger partial charge in [-0.2, -0.15) is 0 Å². The van der Waals surface area contributed by atoms with Crippen LogP contribution >= 0.6 is 34.5 Å². The van der Waals surface area contributed by atoms with E-state index in [1.807, 2.05) is 30.3 Å². The maximum atomic E-state index is 13.4. The van der Waals surface area contributed by atoms with Gasteiger partial charge >= 0.3 is 0 Å². The molecule has 11 heteroatoms. The van der Waals surface area contributed by atoms with E-state index in [9.17, 15) is 13.2 Å². The molecule has 0 spiro atoms. The Kier molecular flexibility index (Phi) is 6.94. The standard InChI is InChI=1S/C22H16Cl2N4O3S2/c23-16-11-12-18(24)19(13-16)28(33(30,31)17-9-5-2-6-10-17)14-20(29)25-22-27-26-21(32-22)15-7-3-1-4-8-15/h1-13H,14H2,(H,25,27,29). The lowest BCUT2D eigenvalue weighted by Crippen LogP contribution is -2.38. The predicted molar refractivity (Wildman–Crippen MR) is 131 cm³/mol. The highest BCUT2D eigenvalue weighted by molar-refractivity contribution is 7.92. The van der Waals surface area contributed by atoms with Crippen LogP contribution in [-0.2, 0) is 14.8 Å². The molecule has 0 saturated heterocycles. The Morgan fingerprint density at radius 3 is 2.30 bits per heavy atom. The van der Waals surface area contributed by atoms with Gasteiger partial charge in [-0.25, -0.2) is 8.42 Å². The molecule has 1 heterocycles. The van der Waals surface area contributed by atoms with Crippen LogP contribution < -0.4 is 9.62 Å². The maximum Gasteiger partial charge on any atom is 0.264 e. The van der Waals surface area contributed by atoms with Gasteiger partial charge in [-0.3, -0.25) is 14.4 Å². The molecule has 1 aromatic heterocycles. The van der Waals surface area contributed by atoms with Crippen molar-refractivity contribution in [2.24, 2.45) is 0 Å². The summed E-state index contributed by atoms with van der Waals surface area (Å²) in [6.07, 6.45) is 0. The molecule has 33 heavy (non-hydrogen) atoms. The summed E-state index contributed by atoms with van der Waals surface area (Å²) in [5, 5.41) is 12.0. The maximum absolute atomic E-state index is 13.4. The summed E-state index contributed by atoms with van der Waals surface area (Å²) in [6.45, 7) is -0.544. The summed E-state index contributed by atoms with van der Waals surface area (Å²) in [4.78, 5) is 12.9. The van der Waals surface area contributed by atoms with Crippen molar-refractivity contribution in [2.45, 2.75) is 4.90 Å². The van der Waals surface area contributed by atoms with Gasteiger partial charge in [0.2, 0.25) is 11.0 Å². The van der Waals surface area contributed by atoms with Crippen molar-refractivity contribution in [3.63, 3.8) is 0 Å². The predicted octanol–water partition coefficient (Wildman–Crippen LogP) is 5.35. The molecule has 0 saturated carbocycles. The second-order valence-electron chi connectivity index (χ2n) is 6.75. The Morgan fingerprint density at radius 2 is 1.61 bits per heavy atom. The van der Waals surface area contributed by atoms with Gasteiger partial charge in [0, 0.05) is 10.6 Å². The zero-order chi connectivity index (χ0) is 23.4. The highest BCUT2D eigenvalue weighted by atomic mass is 35.5. The van der Waals surface area contributed by atoms with Crippen LogP contribution in [0, 0.1) is 0 Å². The number of benzene rings is 3. The molecular weight excluding hydrogens is 503 g/mol. The Balaban J connectivity index is 1.62. The average Bonchev–Trinajstić information content (AvgIpc) is 3.28. The number of carbonyl (C=O) groups is 1. The zero-order valence-electron chi connectivity index (χ0n) is 16.9. The van der Waals surface area contributed by atoms with Crippen molar-refractivity contribution in [1.29, 1.82) is 0 Å².